The lowest BCUT2D eigenvalue weighted by Crippen LogP contribution is -2.54. The van der Waals surface area contributed by atoms with E-state index in [1.54, 1.807) is 18.2 Å². The van der Waals surface area contributed by atoms with E-state index in [1.165, 1.54) is 18.1 Å². The van der Waals surface area contributed by atoms with Gasteiger partial charge in [-0.1, -0.05) is 17.9 Å². The minimum atomic E-state index is -1.72. The maximum Gasteiger partial charge on any atom is 0.323 e. The molecule has 2 aliphatic heterocycles. The molecule has 0 spiro atoms. The summed E-state index contributed by atoms with van der Waals surface area (Å²) in [6, 6.07) is 9.70. The van der Waals surface area contributed by atoms with Gasteiger partial charge in [0.25, 0.3) is 11.8 Å². The van der Waals surface area contributed by atoms with Crippen molar-refractivity contribution in [2.45, 2.75) is 12.1 Å². The largest absolute Gasteiger partial charge is 0.497 e. The Morgan fingerprint density at radius 1 is 1.19 bits per heavy atom. The van der Waals surface area contributed by atoms with E-state index in [0.29, 0.717) is 11.3 Å². The summed E-state index contributed by atoms with van der Waals surface area (Å²) >= 11 is 0. The average molecular weight is 418 g/mol. The number of benzene rings is 2. The van der Waals surface area contributed by atoms with E-state index in [0.717, 1.165) is 17.7 Å². The third kappa shape index (κ3) is 3.65. The third-order valence-corrected chi connectivity index (χ3v) is 5.01. The van der Waals surface area contributed by atoms with Crippen LogP contribution in [0.15, 0.2) is 36.4 Å². The molecule has 0 aliphatic carbocycles. The molecule has 0 unspecified atom stereocenters. The van der Waals surface area contributed by atoms with E-state index in [9.17, 15) is 18.8 Å². The van der Waals surface area contributed by atoms with Gasteiger partial charge in [0.1, 0.15) is 11.6 Å². The second-order valence-electron chi connectivity index (χ2n) is 7.09. The Balaban J connectivity index is 1.67. The summed E-state index contributed by atoms with van der Waals surface area (Å²) in [7, 11) is 1.49. The first-order valence-electron chi connectivity index (χ1n) is 9.17. The highest BCUT2D eigenvalue weighted by Crippen LogP contribution is 2.28. The van der Waals surface area contributed by atoms with Gasteiger partial charge in [-0.05, 0) is 35.9 Å². The van der Waals surface area contributed by atoms with E-state index in [4.69, 9.17) is 10.00 Å². The Morgan fingerprint density at radius 2 is 1.97 bits per heavy atom. The summed E-state index contributed by atoms with van der Waals surface area (Å²) in [6.07, 6.45) is 0. The lowest BCUT2D eigenvalue weighted by Gasteiger charge is -2.26. The van der Waals surface area contributed by atoms with Gasteiger partial charge in [-0.15, -0.1) is 0 Å². The van der Waals surface area contributed by atoms with Crippen LogP contribution in [0.5, 0.6) is 5.75 Å². The molecule has 4 rings (SSSR count). The maximum absolute atomic E-state index is 13.7. The van der Waals surface area contributed by atoms with Crippen LogP contribution in [-0.2, 0) is 11.3 Å². The summed E-state index contributed by atoms with van der Waals surface area (Å²) in [4.78, 5) is 38.7. The zero-order valence-electron chi connectivity index (χ0n) is 16.3. The van der Waals surface area contributed by atoms with Crippen LogP contribution in [0, 0.1) is 29.0 Å². The van der Waals surface area contributed by atoms with Crippen molar-refractivity contribution < 1.29 is 23.5 Å². The molecule has 0 aromatic heterocycles. The van der Waals surface area contributed by atoms with Crippen molar-refractivity contribution in [2.24, 2.45) is 0 Å². The molecule has 2 aliphatic rings. The lowest BCUT2D eigenvalue weighted by molar-refractivity contribution is -0.122. The van der Waals surface area contributed by atoms with Gasteiger partial charge in [0, 0.05) is 17.7 Å². The quantitative estimate of drug-likeness (QED) is 0.576. The maximum atomic E-state index is 13.7. The van der Waals surface area contributed by atoms with Crippen LogP contribution in [0.25, 0.3) is 0 Å². The molecule has 0 bridgehead atoms. The topological polar surface area (TPSA) is 112 Å². The van der Waals surface area contributed by atoms with Crippen molar-refractivity contribution in [3.63, 3.8) is 0 Å². The zero-order valence-corrected chi connectivity index (χ0v) is 16.3. The van der Waals surface area contributed by atoms with Gasteiger partial charge in [-0.3, -0.25) is 14.9 Å². The number of carbonyl (C=O) groups excluding carboxylic acids is 3. The van der Waals surface area contributed by atoms with Crippen LogP contribution >= 0.6 is 0 Å². The second-order valence-corrected chi connectivity index (χ2v) is 7.09. The Labute approximate surface area is 176 Å². The van der Waals surface area contributed by atoms with Crippen molar-refractivity contribution in [3.8, 4) is 23.7 Å². The third-order valence-electron chi connectivity index (χ3n) is 5.01. The van der Waals surface area contributed by atoms with Crippen molar-refractivity contribution in [2.75, 3.05) is 13.7 Å². The molecule has 9 heteroatoms. The number of fused-ring (bicyclic) bond motifs is 1. The number of urea groups is 1. The molecule has 0 saturated carbocycles. The van der Waals surface area contributed by atoms with Gasteiger partial charge in [-0.25, -0.2) is 9.18 Å². The van der Waals surface area contributed by atoms with Gasteiger partial charge in [0.15, 0.2) is 0 Å². The minimum absolute atomic E-state index is 0.0670. The number of ether oxygens (including phenoxy) is 1. The first-order valence-corrected chi connectivity index (χ1v) is 9.17. The van der Waals surface area contributed by atoms with Gasteiger partial charge < -0.3 is 15.0 Å². The van der Waals surface area contributed by atoms with E-state index >= 15 is 0 Å². The van der Waals surface area contributed by atoms with E-state index in [-0.39, 0.29) is 30.1 Å². The molecular formula is C22H15FN4O4. The van der Waals surface area contributed by atoms with Crippen molar-refractivity contribution in [3.05, 3.63) is 64.5 Å². The normalized spacial score (nSPS) is 19.1. The summed E-state index contributed by atoms with van der Waals surface area (Å²) in [5.41, 5.74) is -0.306. The number of imide groups is 1. The predicted molar refractivity (Wildman–Crippen MR) is 105 cm³/mol. The summed E-state index contributed by atoms with van der Waals surface area (Å²) in [5, 5.41) is 13.6. The molecule has 2 aromatic rings. The summed E-state index contributed by atoms with van der Waals surface area (Å²) in [6.45, 7) is 0.0110. The fourth-order valence-corrected chi connectivity index (χ4v) is 3.52. The summed E-state index contributed by atoms with van der Waals surface area (Å²) < 4.78 is 18.9. The molecule has 1 saturated heterocycles. The highest BCUT2D eigenvalue weighted by atomic mass is 19.1. The monoisotopic (exact) mass is 418 g/mol. The van der Waals surface area contributed by atoms with Crippen LogP contribution in [-0.4, -0.2) is 41.9 Å². The van der Waals surface area contributed by atoms with Crippen LogP contribution < -0.4 is 15.4 Å². The van der Waals surface area contributed by atoms with Crippen molar-refractivity contribution >= 4 is 17.8 Å². The SMILES string of the molecule is COc1ccc2c(c1)C(=O)N(C[C@@]1(C#Cc3cc(F)cc(C#N)c3)NC(=O)NC1=O)C2. The molecule has 2 aromatic carbocycles. The van der Waals surface area contributed by atoms with Crippen LogP contribution in [0.4, 0.5) is 9.18 Å². The number of nitriles is 1. The number of nitrogens with one attached hydrogen (secondary N) is 2. The molecule has 0 radical (unpaired) electrons. The van der Waals surface area contributed by atoms with Crippen molar-refractivity contribution in [1.82, 2.24) is 15.5 Å². The fourth-order valence-electron chi connectivity index (χ4n) is 3.52. The first kappa shape index (κ1) is 19.9. The van der Waals surface area contributed by atoms with E-state index in [1.807, 2.05) is 6.07 Å². The number of amides is 4. The van der Waals surface area contributed by atoms with Gasteiger partial charge in [-0.2, -0.15) is 5.26 Å². The number of halogens is 1. The van der Waals surface area contributed by atoms with E-state index in [2.05, 4.69) is 22.5 Å². The number of hydrogen-bond acceptors (Lipinski definition) is 5. The molecule has 2 N–H and O–H groups in total. The number of rotatable bonds is 3. The molecule has 4 amide bonds. The van der Waals surface area contributed by atoms with Gasteiger partial charge >= 0.3 is 6.03 Å². The fraction of sp³-hybridized carbons (Fsp3) is 0.182. The van der Waals surface area contributed by atoms with Crippen molar-refractivity contribution in [1.29, 1.82) is 5.26 Å². The first-order chi connectivity index (χ1) is 14.8. The molecule has 8 nitrogen and oxygen atoms in total. The molecule has 1 atom stereocenters. The average Bonchev–Trinajstić information content (AvgIpc) is 3.21. The van der Waals surface area contributed by atoms with Crippen LogP contribution in [0.3, 0.4) is 0 Å². The number of nitrogens with zero attached hydrogens (tertiary/aromatic N) is 2. The van der Waals surface area contributed by atoms with Gasteiger partial charge in [0.05, 0.1) is 25.3 Å². The molecule has 2 heterocycles. The summed E-state index contributed by atoms with van der Waals surface area (Å²) in [5.74, 6) is 4.14. The van der Waals surface area contributed by atoms with Gasteiger partial charge in [0.2, 0.25) is 5.54 Å². The highest BCUT2D eigenvalue weighted by Gasteiger charge is 2.48. The minimum Gasteiger partial charge on any atom is -0.497 e. The highest BCUT2D eigenvalue weighted by molar-refractivity contribution is 6.10. The second kappa shape index (κ2) is 7.47. The van der Waals surface area contributed by atoms with E-state index < -0.39 is 23.3 Å². The lowest BCUT2D eigenvalue weighted by atomic mass is 9.98. The molecule has 31 heavy (non-hydrogen) atoms. The predicted octanol–water partition coefficient (Wildman–Crippen LogP) is 1.29. The Bertz CT molecular complexity index is 1240. The zero-order chi connectivity index (χ0) is 22.2. The Kier molecular flexibility index (Phi) is 4.80. The standard InChI is InChI=1S/C22H15FN4O4/c1-31-17-3-2-15-11-27(19(28)18(15)9-17)12-22(20(29)25-21(30)26-22)5-4-13-6-14(10-24)8-16(23)7-13/h2-3,6-9H,11-12H2,1H3,(H2,25,26,29,30)/t22-/m1/s1. The molecule has 1 fully saturated rings. The number of carbonyl (C=O) groups is 3. The Morgan fingerprint density at radius 3 is 2.65 bits per heavy atom. The number of hydrogen-bond donors (Lipinski definition) is 2. The number of methoxy groups -OCH3 is 1. The Hall–Kier alpha value is -4.37. The van der Waals surface area contributed by atoms with Crippen LogP contribution in [0.2, 0.25) is 0 Å². The van der Waals surface area contributed by atoms with Crippen LogP contribution in [0.1, 0.15) is 27.0 Å². The molecule has 154 valence electrons. The smallest absolute Gasteiger partial charge is 0.323 e. The molecular weight excluding hydrogens is 403 g/mol.